The lowest BCUT2D eigenvalue weighted by atomic mass is 10.2. The van der Waals surface area contributed by atoms with Gasteiger partial charge in [-0.15, -0.1) is 0 Å². The van der Waals surface area contributed by atoms with Gasteiger partial charge in [0.25, 0.3) is 0 Å². The fraction of sp³-hybridized carbons (Fsp3) is 0.167. The predicted octanol–water partition coefficient (Wildman–Crippen LogP) is 3.35. The number of rotatable bonds is 2. The summed E-state index contributed by atoms with van der Waals surface area (Å²) in [6.45, 7) is 3.79. The van der Waals surface area contributed by atoms with Crippen molar-refractivity contribution >= 4 is 29.0 Å². The summed E-state index contributed by atoms with van der Waals surface area (Å²) < 4.78 is 0. The van der Waals surface area contributed by atoms with E-state index < -0.39 is 0 Å². The number of nitrogens with zero attached hydrogens (tertiary/aromatic N) is 2. The van der Waals surface area contributed by atoms with E-state index >= 15 is 0 Å². The van der Waals surface area contributed by atoms with E-state index in [1.165, 1.54) is 0 Å². The highest BCUT2D eigenvalue weighted by Crippen LogP contribution is 2.32. The first-order valence-corrected chi connectivity index (χ1v) is 6.06. The van der Waals surface area contributed by atoms with Crippen molar-refractivity contribution in [2.24, 2.45) is 5.84 Å². The molecule has 0 bridgehead atoms. The SMILES string of the molecule is Cc1nc(-c2cccc(Cl)c2Cl)nc(NN)c1C. The van der Waals surface area contributed by atoms with Crippen LogP contribution in [0.3, 0.4) is 0 Å². The molecule has 3 N–H and O–H groups in total. The molecule has 94 valence electrons. The Bertz CT molecular complexity index is 599. The monoisotopic (exact) mass is 282 g/mol. The first kappa shape index (κ1) is 13.1. The van der Waals surface area contributed by atoms with Crippen LogP contribution in [-0.4, -0.2) is 9.97 Å². The number of aromatic nitrogens is 2. The van der Waals surface area contributed by atoms with Crippen molar-refractivity contribution in [3.05, 3.63) is 39.5 Å². The number of nitrogens with two attached hydrogens (primary N) is 1. The van der Waals surface area contributed by atoms with Gasteiger partial charge < -0.3 is 5.43 Å². The van der Waals surface area contributed by atoms with Crippen molar-refractivity contribution in [1.82, 2.24) is 9.97 Å². The van der Waals surface area contributed by atoms with Gasteiger partial charge in [-0.3, -0.25) is 0 Å². The molecule has 2 rings (SSSR count). The zero-order valence-corrected chi connectivity index (χ0v) is 11.5. The summed E-state index contributed by atoms with van der Waals surface area (Å²) in [6.07, 6.45) is 0. The smallest absolute Gasteiger partial charge is 0.163 e. The zero-order valence-electron chi connectivity index (χ0n) is 9.96. The lowest BCUT2D eigenvalue weighted by Crippen LogP contribution is -2.12. The van der Waals surface area contributed by atoms with Gasteiger partial charge in [0.05, 0.1) is 10.0 Å². The lowest BCUT2D eigenvalue weighted by molar-refractivity contribution is 1.06. The maximum absolute atomic E-state index is 6.15. The molecule has 0 aliphatic rings. The molecule has 4 nitrogen and oxygen atoms in total. The quantitative estimate of drug-likeness (QED) is 0.655. The van der Waals surface area contributed by atoms with Crippen LogP contribution in [0.4, 0.5) is 5.82 Å². The Morgan fingerprint density at radius 1 is 1.17 bits per heavy atom. The summed E-state index contributed by atoms with van der Waals surface area (Å²) in [5, 5.41) is 0.906. The third-order valence-electron chi connectivity index (χ3n) is 2.72. The molecular weight excluding hydrogens is 271 g/mol. The highest BCUT2D eigenvalue weighted by molar-refractivity contribution is 6.43. The minimum Gasteiger partial charge on any atom is -0.308 e. The van der Waals surface area contributed by atoms with Crippen LogP contribution in [0.2, 0.25) is 10.0 Å². The largest absolute Gasteiger partial charge is 0.308 e. The molecule has 6 heteroatoms. The first-order chi connectivity index (χ1) is 8.54. The molecule has 0 radical (unpaired) electrons. The summed E-state index contributed by atoms with van der Waals surface area (Å²) in [5.74, 6) is 6.51. The van der Waals surface area contributed by atoms with Crippen LogP contribution in [0.25, 0.3) is 11.4 Å². The van der Waals surface area contributed by atoms with Crippen molar-refractivity contribution in [3.8, 4) is 11.4 Å². The number of nitrogens with one attached hydrogen (secondary N) is 1. The van der Waals surface area contributed by atoms with Crippen LogP contribution in [0.5, 0.6) is 0 Å². The molecular formula is C12H12Cl2N4. The molecule has 1 aromatic heterocycles. The van der Waals surface area contributed by atoms with Gasteiger partial charge in [0.15, 0.2) is 5.82 Å². The Balaban J connectivity index is 2.64. The van der Waals surface area contributed by atoms with Crippen molar-refractivity contribution in [2.45, 2.75) is 13.8 Å². The van der Waals surface area contributed by atoms with Gasteiger partial charge in [0.2, 0.25) is 0 Å². The summed E-state index contributed by atoms with van der Waals surface area (Å²) in [4.78, 5) is 8.74. The summed E-state index contributed by atoms with van der Waals surface area (Å²) in [5.41, 5.74) is 4.98. The minimum absolute atomic E-state index is 0.436. The van der Waals surface area contributed by atoms with Gasteiger partial charge >= 0.3 is 0 Å². The second-order valence-electron chi connectivity index (χ2n) is 3.85. The number of hydrogen-bond acceptors (Lipinski definition) is 4. The van der Waals surface area contributed by atoms with Gasteiger partial charge in [-0.05, 0) is 26.0 Å². The van der Waals surface area contributed by atoms with Gasteiger partial charge in [0.1, 0.15) is 5.82 Å². The van der Waals surface area contributed by atoms with Gasteiger partial charge in [-0.2, -0.15) is 0 Å². The lowest BCUT2D eigenvalue weighted by Gasteiger charge is -2.10. The molecule has 0 unspecified atom stereocenters. The van der Waals surface area contributed by atoms with Crippen molar-refractivity contribution in [3.63, 3.8) is 0 Å². The molecule has 0 amide bonds. The van der Waals surface area contributed by atoms with E-state index in [1.54, 1.807) is 12.1 Å². The maximum Gasteiger partial charge on any atom is 0.163 e. The number of halogens is 2. The zero-order chi connectivity index (χ0) is 13.3. The Morgan fingerprint density at radius 3 is 2.56 bits per heavy atom. The molecule has 0 spiro atoms. The van der Waals surface area contributed by atoms with E-state index in [2.05, 4.69) is 15.4 Å². The molecule has 0 aliphatic heterocycles. The van der Waals surface area contributed by atoms with E-state index in [0.29, 0.717) is 27.3 Å². The Labute approximate surface area is 115 Å². The number of hydrazine groups is 1. The fourth-order valence-corrected chi connectivity index (χ4v) is 1.95. The normalized spacial score (nSPS) is 10.5. The Hall–Kier alpha value is -1.36. The van der Waals surface area contributed by atoms with Gasteiger partial charge in [-0.1, -0.05) is 29.3 Å². The van der Waals surface area contributed by atoms with Crippen LogP contribution >= 0.6 is 23.2 Å². The van der Waals surface area contributed by atoms with Gasteiger partial charge in [-0.25, -0.2) is 15.8 Å². The number of benzene rings is 1. The van der Waals surface area contributed by atoms with E-state index in [1.807, 2.05) is 19.9 Å². The summed E-state index contributed by atoms with van der Waals surface area (Å²) in [6, 6.07) is 5.34. The molecule has 1 heterocycles. The number of aryl methyl sites for hydroxylation is 1. The predicted molar refractivity (Wildman–Crippen MR) is 74.8 cm³/mol. The number of nitrogen functional groups attached to an aromatic ring is 1. The topological polar surface area (TPSA) is 63.8 Å². The fourth-order valence-electron chi connectivity index (χ4n) is 1.57. The molecule has 0 saturated heterocycles. The van der Waals surface area contributed by atoms with Crippen molar-refractivity contribution in [1.29, 1.82) is 0 Å². The van der Waals surface area contributed by atoms with E-state index in [4.69, 9.17) is 29.0 Å². The third kappa shape index (κ3) is 2.27. The summed E-state index contributed by atoms with van der Waals surface area (Å²) >= 11 is 12.1. The minimum atomic E-state index is 0.436. The van der Waals surface area contributed by atoms with Crippen LogP contribution in [0.15, 0.2) is 18.2 Å². The van der Waals surface area contributed by atoms with Crippen molar-refractivity contribution < 1.29 is 0 Å². The number of anilines is 1. The second-order valence-corrected chi connectivity index (χ2v) is 4.64. The third-order valence-corrected chi connectivity index (χ3v) is 3.54. The molecule has 0 saturated carbocycles. The molecule has 0 aliphatic carbocycles. The van der Waals surface area contributed by atoms with E-state index in [9.17, 15) is 0 Å². The number of hydrogen-bond donors (Lipinski definition) is 2. The Morgan fingerprint density at radius 2 is 1.89 bits per heavy atom. The highest BCUT2D eigenvalue weighted by atomic mass is 35.5. The van der Waals surface area contributed by atoms with E-state index in [-0.39, 0.29) is 0 Å². The molecule has 2 aromatic rings. The maximum atomic E-state index is 6.15. The Kier molecular flexibility index (Phi) is 3.71. The second kappa shape index (κ2) is 5.10. The van der Waals surface area contributed by atoms with Crippen LogP contribution in [-0.2, 0) is 0 Å². The van der Waals surface area contributed by atoms with E-state index in [0.717, 1.165) is 11.3 Å². The van der Waals surface area contributed by atoms with Crippen LogP contribution in [0.1, 0.15) is 11.3 Å². The highest BCUT2D eigenvalue weighted by Gasteiger charge is 2.13. The molecule has 1 aromatic carbocycles. The van der Waals surface area contributed by atoms with Crippen molar-refractivity contribution in [2.75, 3.05) is 5.43 Å². The average Bonchev–Trinajstić information content (AvgIpc) is 2.36. The van der Waals surface area contributed by atoms with Crippen LogP contribution < -0.4 is 11.3 Å². The standard InChI is InChI=1S/C12H12Cl2N4/c1-6-7(2)16-12(17-11(6)18-15)8-4-3-5-9(13)10(8)14/h3-5H,15H2,1-2H3,(H,16,17,18). The summed E-state index contributed by atoms with van der Waals surface area (Å²) in [7, 11) is 0. The average molecular weight is 283 g/mol. The van der Waals surface area contributed by atoms with Crippen LogP contribution in [0, 0.1) is 13.8 Å². The molecule has 0 fully saturated rings. The molecule has 0 atom stereocenters. The molecule has 18 heavy (non-hydrogen) atoms. The van der Waals surface area contributed by atoms with Gasteiger partial charge in [0, 0.05) is 16.8 Å². The first-order valence-electron chi connectivity index (χ1n) is 5.31.